The van der Waals surface area contributed by atoms with E-state index in [4.69, 9.17) is 21.1 Å². The molecule has 1 spiro atoms. The normalized spacial score (nSPS) is 42.9. The van der Waals surface area contributed by atoms with Crippen molar-refractivity contribution in [2.24, 2.45) is 11.8 Å². The molecule has 6 nitrogen and oxygen atoms in total. The third kappa shape index (κ3) is 1.70. The summed E-state index contributed by atoms with van der Waals surface area (Å²) >= 11 is 6.33. The molecule has 4 saturated heterocycles. The van der Waals surface area contributed by atoms with E-state index in [9.17, 15) is 15.2 Å². The quantitative estimate of drug-likeness (QED) is 0.814. The molecule has 1 N–H and O–H groups in total. The van der Waals surface area contributed by atoms with Gasteiger partial charge in [0.1, 0.15) is 17.9 Å². The number of fused-ring (bicyclic) bond motifs is 2. The number of nitriles is 1. The highest BCUT2D eigenvalue weighted by atomic mass is 35.5. The van der Waals surface area contributed by atoms with Crippen molar-refractivity contribution in [3.05, 3.63) is 28.3 Å². The molecule has 0 unspecified atom stereocenters. The molecule has 4 aliphatic heterocycles. The number of benzene rings is 1. The van der Waals surface area contributed by atoms with Crippen molar-refractivity contribution in [3.63, 3.8) is 0 Å². The largest absolute Gasteiger partial charge is 0.390 e. The van der Waals surface area contributed by atoms with Gasteiger partial charge in [0.25, 0.3) is 0 Å². The predicted octanol–water partition coefficient (Wildman–Crippen LogP) is 2.14. The number of hydrogen-bond donors (Lipinski definition) is 1. The van der Waals surface area contributed by atoms with Crippen molar-refractivity contribution in [2.45, 2.75) is 50.2 Å². The van der Waals surface area contributed by atoms with E-state index in [0.717, 1.165) is 0 Å². The molecule has 2 bridgehead atoms. The number of aliphatic hydroxyl groups is 1. The summed E-state index contributed by atoms with van der Waals surface area (Å²) < 4.78 is 12.3. The summed E-state index contributed by atoms with van der Waals surface area (Å²) in [5.74, 6) is -0.648. The summed E-state index contributed by atoms with van der Waals surface area (Å²) in [5.41, 5.74) is 0.337. The van der Waals surface area contributed by atoms with Gasteiger partial charge < -0.3 is 14.6 Å². The minimum atomic E-state index is -0.882. The highest BCUT2D eigenvalue weighted by molar-refractivity contribution is 6.33. The molecule has 0 aromatic heterocycles. The summed E-state index contributed by atoms with van der Waals surface area (Å²) in [7, 11) is 0. The van der Waals surface area contributed by atoms with Crippen LogP contribution in [0.25, 0.3) is 0 Å². The van der Waals surface area contributed by atoms with Crippen molar-refractivity contribution in [2.75, 3.05) is 11.5 Å². The molecule has 1 amide bonds. The first-order valence-electron chi connectivity index (χ1n) is 8.86. The predicted molar refractivity (Wildman–Crippen MR) is 92.6 cm³/mol. The summed E-state index contributed by atoms with van der Waals surface area (Å²) in [6, 6.07) is 5.45. The summed E-state index contributed by atoms with van der Waals surface area (Å²) in [6.07, 6.45) is 0.139. The van der Waals surface area contributed by atoms with Crippen molar-refractivity contribution in [1.29, 1.82) is 5.26 Å². The van der Waals surface area contributed by atoms with Crippen LogP contribution in [0.2, 0.25) is 5.02 Å². The lowest BCUT2D eigenvalue weighted by atomic mass is 9.65. The molecule has 0 saturated carbocycles. The van der Waals surface area contributed by atoms with E-state index in [1.54, 1.807) is 24.0 Å². The Morgan fingerprint density at radius 2 is 2.23 bits per heavy atom. The van der Waals surface area contributed by atoms with Crippen LogP contribution in [-0.4, -0.2) is 41.2 Å². The minimum Gasteiger partial charge on any atom is -0.390 e. The van der Waals surface area contributed by atoms with Gasteiger partial charge in [0.05, 0.1) is 40.5 Å². The maximum absolute atomic E-state index is 13.4. The van der Waals surface area contributed by atoms with Crippen LogP contribution in [-0.2, 0) is 14.3 Å². The summed E-state index contributed by atoms with van der Waals surface area (Å²) in [4.78, 5) is 15.1. The smallest absolute Gasteiger partial charge is 0.235 e. The van der Waals surface area contributed by atoms with Gasteiger partial charge >= 0.3 is 0 Å². The van der Waals surface area contributed by atoms with Crippen molar-refractivity contribution in [3.8, 4) is 6.07 Å². The SMILES string of the molecule is Cc1c(N2C(=O)[C@H]3[C@H]4[C@@H]2OCC[C@]42C[C@@H](O)[C@@]3(C)O2)ccc(C#N)c1Cl. The molecule has 1 aromatic carbocycles. The molecule has 5 rings (SSSR count). The van der Waals surface area contributed by atoms with Crippen LogP contribution in [0.3, 0.4) is 0 Å². The van der Waals surface area contributed by atoms with Gasteiger partial charge in [-0.25, -0.2) is 0 Å². The van der Waals surface area contributed by atoms with Crippen LogP contribution in [0.1, 0.15) is 30.9 Å². The number of amides is 1. The maximum atomic E-state index is 13.4. The lowest BCUT2D eigenvalue weighted by molar-refractivity contribution is -0.142. The first kappa shape index (κ1) is 16.5. The Morgan fingerprint density at radius 3 is 2.96 bits per heavy atom. The van der Waals surface area contributed by atoms with Crippen LogP contribution in [0.5, 0.6) is 0 Å². The Hall–Kier alpha value is -1.65. The second-order valence-corrected chi connectivity index (χ2v) is 8.35. The minimum absolute atomic E-state index is 0.103. The number of carbonyl (C=O) groups excluding carboxylic acids is 1. The summed E-state index contributed by atoms with van der Waals surface area (Å²) in [5, 5.41) is 20.1. The fraction of sp³-hybridized carbons (Fsp3) is 0.579. The zero-order valence-electron chi connectivity index (χ0n) is 14.5. The molecule has 7 heteroatoms. The Bertz CT molecular complexity index is 883. The number of halogens is 1. The van der Waals surface area contributed by atoms with E-state index in [-0.39, 0.29) is 11.8 Å². The number of aliphatic hydroxyl groups excluding tert-OH is 1. The Kier molecular flexibility index (Phi) is 3.17. The Labute approximate surface area is 156 Å². The molecule has 0 radical (unpaired) electrons. The lowest BCUT2D eigenvalue weighted by Gasteiger charge is -2.42. The van der Waals surface area contributed by atoms with E-state index in [1.807, 2.05) is 6.92 Å². The molecule has 6 atom stereocenters. The van der Waals surface area contributed by atoms with E-state index in [1.165, 1.54) is 0 Å². The van der Waals surface area contributed by atoms with Crippen LogP contribution in [0.15, 0.2) is 12.1 Å². The molecule has 26 heavy (non-hydrogen) atoms. The third-order valence-electron chi connectivity index (χ3n) is 6.82. The van der Waals surface area contributed by atoms with E-state index in [2.05, 4.69) is 6.07 Å². The molecular formula is C19H19ClN2O4. The van der Waals surface area contributed by atoms with Crippen molar-refractivity contribution < 1.29 is 19.4 Å². The van der Waals surface area contributed by atoms with Gasteiger partial charge in [-0.1, -0.05) is 11.6 Å². The molecule has 136 valence electrons. The zero-order valence-corrected chi connectivity index (χ0v) is 15.3. The van der Waals surface area contributed by atoms with Crippen molar-refractivity contribution in [1.82, 2.24) is 0 Å². The van der Waals surface area contributed by atoms with E-state index >= 15 is 0 Å². The lowest BCUT2D eigenvalue weighted by Crippen LogP contribution is -2.53. The van der Waals surface area contributed by atoms with Gasteiger partial charge in [0.2, 0.25) is 5.91 Å². The number of hydrogen-bond acceptors (Lipinski definition) is 5. The van der Waals surface area contributed by atoms with Crippen LogP contribution < -0.4 is 4.90 Å². The number of carbonyl (C=O) groups is 1. The topological polar surface area (TPSA) is 82.8 Å². The fourth-order valence-electron chi connectivity index (χ4n) is 5.60. The van der Waals surface area contributed by atoms with Gasteiger partial charge in [-0.05, 0) is 31.5 Å². The number of nitrogens with zero attached hydrogens (tertiary/aromatic N) is 2. The third-order valence-corrected chi connectivity index (χ3v) is 7.31. The molecule has 0 aliphatic carbocycles. The Morgan fingerprint density at radius 1 is 1.46 bits per heavy atom. The first-order chi connectivity index (χ1) is 12.3. The molecule has 4 heterocycles. The van der Waals surface area contributed by atoms with Gasteiger partial charge in [-0.15, -0.1) is 0 Å². The average Bonchev–Trinajstić information content (AvgIpc) is 3.15. The highest BCUT2D eigenvalue weighted by Gasteiger charge is 2.77. The van der Waals surface area contributed by atoms with Gasteiger partial charge in [-0.3, -0.25) is 9.69 Å². The maximum Gasteiger partial charge on any atom is 0.235 e. The van der Waals surface area contributed by atoms with E-state index in [0.29, 0.717) is 41.3 Å². The number of anilines is 1. The van der Waals surface area contributed by atoms with Crippen LogP contribution >= 0.6 is 11.6 Å². The second-order valence-electron chi connectivity index (χ2n) is 7.98. The summed E-state index contributed by atoms with van der Waals surface area (Å²) in [6.45, 7) is 4.12. The number of rotatable bonds is 1. The average molecular weight is 375 g/mol. The first-order valence-corrected chi connectivity index (χ1v) is 9.24. The Balaban J connectivity index is 1.65. The molecule has 4 aliphatic rings. The van der Waals surface area contributed by atoms with Gasteiger partial charge in [-0.2, -0.15) is 5.26 Å². The molecule has 4 fully saturated rings. The number of ether oxygens (including phenoxy) is 2. The van der Waals surface area contributed by atoms with Crippen molar-refractivity contribution >= 4 is 23.2 Å². The molecule has 1 aromatic rings. The molecular weight excluding hydrogens is 356 g/mol. The highest BCUT2D eigenvalue weighted by Crippen LogP contribution is 2.65. The monoisotopic (exact) mass is 374 g/mol. The van der Waals surface area contributed by atoms with E-state index < -0.39 is 29.5 Å². The zero-order chi connectivity index (χ0) is 18.4. The van der Waals surface area contributed by atoms with Gasteiger partial charge in [0, 0.05) is 18.8 Å². The van der Waals surface area contributed by atoms with Crippen LogP contribution in [0.4, 0.5) is 5.69 Å². The van der Waals surface area contributed by atoms with Gasteiger partial charge in [0.15, 0.2) is 0 Å². The second kappa shape index (κ2) is 4.99. The van der Waals surface area contributed by atoms with Crippen LogP contribution in [0, 0.1) is 30.1 Å². The standard InChI is InChI=1S/C19H19ClN2O4/c1-9-11(4-3-10(8-21)15(9)20)22-16(24)13-14-17(22)25-6-5-19(14)7-12(23)18(13,2)26-19/h3-4,12-14,17,23H,5-7H2,1-2H3/t12-,13-,14+,17+,18-,19+/m1/s1. The fourth-order valence-corrected chi connectivity index (χ4v) is 5.80.